The highest BCUT2D eigenvalue weighted by molar-refractivity contribution is 7.85. The Balaban J connectivity index is 3.47. The van der Waals surface area contributed by atoms with E-state index < -0.39 is 16.8 Å². The largest absolute Gasteiger partial charge is 0.468 e. The quantitative estimate of drug-likeness (QED) is 0.462. The molecule has 1 unspecified atom stereocenters. The normalized spacial score (nSPS) is 12.6. The Kier molecular flexibility index (Phi) is 5.63. The molecule has 0 aliphatic rings. The lowest BCUT2D eigenvalue weighted by molar-refractivity contribution is -0.137. The fraction of sp³-hybridized carbons (Fsp3) is 0.800. The third kappa shape index (κ3) is 4.76. The Hall–Kier alpha value is -0.0900. The number of rotatable bonds is 4. The molecule has 60 valence electrons. The molecule has 10 heavy (non-hydrogen) atoms. The van der Waals surface area contributed by atoms with Crippen molar-refractivity contribution in [3.05, 3.63) is 0 Å². The van der Waals surface area contributed by atoms with Gasteiger partial charge in [-0.3, -0.25) is 9.00 Å². The molecule has 0 saturated heterocycles. The molecular formula is C5H9ClO3S. The van der Waals surface area contributed by atoms with E-state index in [9.17, 15) is 9.00 Å². The molecule has 0 aromatic heterocycles. The van der Waals surface area contributed by atoms with E-state index in [1.165, 1.54) is 7.11 Å². The Morgan fingerprint density at radius 2 is 2.30 bits per heavy atom. The van der Waals surface area contributed by atoms with Crippen molar-refractivity contribution in [2.45, 2.75) is 0 Å². The minimum absolute atomic E-state index is 0.0524. The lowest BCUT2D eigenvalue weighted by Crippen LogP contribution is -2.14. The van der Waals surface area contributed by atoms with Crippen LogP contribution in [0.4, 0.5) is 0 Å². The highest BCUT2D eigenvalue weighted by Crippen LogP contribution is 1.86. The van der Waals surface area contributed by atoms with Crippen molar-refractivity contribution in [2.24, 2.45) is 0 Å². The zero-order chi connectivity index (χ0) is 7.98. The van der Waals surface area contributed by atoms with Crippen molar-refractivity contribution in [2.75, 3.05) is 24.5 Å². The molecule has 5 heteroatoms. The molecule has 0 saturated carbocycles. The highest BCUT2D eigenvalue weighted by Gasteiger charge is 2.05. The molecule has 0 rings (SSSR count). The van der Waals surface area contributed by atoms with E-state index in [0.29, 0.717) is 11.6 Å². The van der Waals surface area contributed by atoms with Gasteiger partial charge in [0.2, 0.25) is 0 Å². The van der Waals surface area contributed by atoms with Gasteiger partial charge in [-0.15, -0.1) is 11.6 Å². The molecule has 1 atom stereocenters. The average molecular weight is 185 g/mol. The number of carbonyl (C=O) groups is 1. The van der Waals surface area contributed by atoms with Crippen molar-refractivity contribution in [1.29, 1.82) is 0 Å². The lowest BCUT2D eigenvalue weighted by Gasteiger charge is -1.96. The summed E-state index contributed by atoms with van der Waals surface area (Å²) in [5.41, 5.74) is 0. The Morgan fingerprint density at radius 1 is 1.70 bits per heavy atom. The monoisotopic (exact) mass is 184 g/mol. The van der Waals surface area contributed by atoms with Gasteiger partial charge in [-0.25, -0.2) is 0 Å². The number of hydrogen-bond acceptors (Lipinski definition) is 3. The van der Waals surface area contributed by atoms with Crippen LogP contribution in [0.1, 0.15) is 0 Å². The molecular weight excluding hydrogens is 176 g/mol. The van der Waals surface area contributed by atoms with Gasteiger partial charge in [-0.2, -0.15) is 0 Å². The molecule has 0 fully saturated rings. The van der Waals surface area contributed by atoms with Crippen molar-refractivity contribution < 1.29 is 13.7 Å². The number of esters is 1. The van der Waals surface area contributed by atoms with E-state index in [1.807, 2.05) is 0 Å². The molecule has 3 nitrogen and oxygen atoms in total. The first kappa shape index (κ1) is 9.91. The van der Waals surface area contributed by atoms with Gasteiger partial charge in [0.05, 0.1) is 7.11 Å². The third-order valence-corrected chi connectivity index (χ3v) is 2.44. The van der Waals surface area contributed by atoms with Gasteiger partial charge in [0, 0.05) is 22.4 Å². The second-order valence-electron chi connectivity index (χ2n) is 1.55. The van der Waals surface area contributed by atoms with Gasteiger partial charge in [0.1, 0.15) is 5.75 Å². The maximum absolute atomic E-state index is 10.7. The molecule has 0 aliphatic heterocycles. The van der Waals surface area contributed by atoms with Crippen LogP contribution in [0.3, 0.4) is 0 Å². The number of halogens is 1. The average Bonchev–Trinajstić information content (AvgIpc) is 1.88. The van der Waals surface area contributed by atoms with Crippen molar-refractivity contribution in [3.8, 4) is 0 Å². The molecule has 0 aliphatic carbocycles. The predicted molar refractivity (Wildman–Crippen MR) is 40.6 cm³/mol. The van der Waals surface area contributed by atoms with E-state index in [4.69, 9.17) is 11.6 Å². The number of carbonyl (C=O) groups excluding carboxylic acids is 1. The van der Waals surface area contributed by atoms with Gasteiger partial charge in [0.15, 0.2) is 0 Å². The summed E-state index contributed by atoms with van der Waals surface area (Å²) in [7, 11) is 0.108. The zero-order valence-corrected chi connectivity index (χ0v) is 7.20. The number of methoxy groups -OCH3 is 1. The van der Waals surface area contributed by atoms with Crippen LogP contribution < -0.4 is 0 Å². The maximum Gasteiger partial charge on any atom is 0.318 e. The minimum Gasteiger partial charge on any atom is -0.468 e. The van der Waals surface area contributed by atoms with Crippen LogP contribution in [-0.4, -0.2) is 34.7 Å². The standard InChI is InChI=1S/C5H9ClO3S/c1-9-5(7)4-10(8)3-2-6/h2-4H2,1H3. The van der Waals surface area contributed by atoms with Gasteiger partial charge in [-0.05, 0) is 0 Å². The summed E-state index contributed by atoms with van der Waals surface area (Å²) >= 11 is 5.28. The molecule has 0 radical (unpaired) electrons. The Morgan fingerprint density at radius 3 is 2.70 bits per heavy atom. The zero-order valence-electron chi connectivity index (χ0n) is 5.63. The van der Waals surface area contributed by atoms with Gasteiger partial charge in [0.25, 0.3) is 0 Å². The Bertz CT molecular complexity index is 137. The van der Waals surface area contributed by atoms with E-state index >= 15 is 0 Å². The summed E-state index contributed by atoms with van der Waals surface area (Å²) < 4.78 is 15.0. The lowest BCUT2D eigenvalue weighted by atomic mass is 10.8. The van der Waals surface area contributed by atoms with Gasteiger partial charge in [-0.1, -0.05) is 0 Å². The van der Waals surface area contributed by atoms with Crippen LogP contribution in [-0.2, 0) is 20.3 Å². The van der Waals surface area contributed by atoms with E-state index in [-0.39, 0.29) is 5.75 Å². The van der Waals surface area contributed by atoms with Crippen LogP contribution in [0.5, 0.6) is 0 Å². The predicted octanol–water partition coefficient (Wildman–Crippen LogP) is 0.147. The van der Waals surface area contributed by atoms with E-state index in [1.54, 1.807) is 0 Å². The van der Waals surface area contributed by atoms with Crippen LogP contribution in [0.2, 0.25) is 0 Å². The first-order valence-electron chi connectivity index (χ1n) is 2.68. The SMILES string of the molecule is COC(=O)CS(=O)CCCl. The van der Waals surface area contributed by atoms with E-state index in [2.05, 4.69) is 4.74 Å². The second-order valence-corrected chi connectivity index (χ2v) is 3.51. The van der Waals surface area contributed by atoms with Gasteiger partial charge < -0.3 is 4.74 Å². The fourth-order valence-corrected chi connectivity index (χ4v) is 1.56. The molecule has 0 heterocycles. The summed E-state index contributed by atoms with van der Waals surface area (Å²) in [5.74, 6) is 0.146. The van der Waals surface area contributed by atoms with E-state index in [0.717, 1.165) is 0 Å². The first-order chi connectivity index (χ1) is 4.70. The number of hydrogen-bond donors (Lipinski definition) is 0. The minimum atomic E-state index is -1.16. The maximum atomic E-state index is 10.7. The number of alkyl halides is 1. The molecule has 0 N–H and O–H groups in total. The van der Waals surface area contributed by atoms with Crippen molar-refractivity contribution in [1.82, 2.24) is 0 Å². The van der Waals surface area contributed by atoms with Crippen LogP contribution in [0.15, 0.2) is 0 Å². The summed E-state index contributed by atoms with van der Waals surface area (Å²) in [6.45, 7) is 0. The van der Waals surface area contributed by atoms with Crippen molar-refractivity contribution >= 4 is 28.4 Å². The second kappa shape index (κ2) is 5.68. The first-order valence-corrected chi connectivity index (χ1v) is 4.70. The molecule has 0 aromatic rings. The molecule has 0 aromatic carbocycles. The molecule has 0 spiro atoms. The van der Waals surface area contributed by atoms with Crippen LogP contribution in [0.25, 0.3) is 0 Å². The van der Waals surface area contributed by atoms with Crippen LogP contribution in [0, 0.1) is 0 Å². The number of ether oxygens (including phenoxy) is 1. The fourth-order valence-electron chi connectivity index (χ4n) is 0.349. The molecule has 0 amide bonds. The molecule has 0 bridgehead atoms. The smallest absolute Gasteiger partial charge is 0.318 e. The van der Waals surface area contributed by atoms with Crippen LogP contribution >= 0.6 is 11.6 Å². The van der Waals surface area contributed by atoms with Crippen molar-refractivity contribution in [3.63, 3.8) is 0 Å². The third-order valence-electron chi connectivity index (χ3n) is 0.811. The highest BCUT2D eigenvalue weighted by atomic mass is 35.5. The topological polar surface area (TPSA) is 43.4 Å². The summed E-state index contributed by atoms with van der Waals surface area (Å²) in [4.78, 5) is 10.4. The summed E-state index contributed by atoms with van der Waals surface area (Å²) in [5, 5.41) is 0. The summed E-state index contributed by atoms with van der Waals surface area (Å²) in [6.07, 6.45) is 0. The van der Waals surface area contributed by atoms with Gasteiger partial charge >= 0.3 is 5.97 Å². The Labute approximate surface area is 67.2 Å². The summed E-state index contributed by atoms with van der Waals surface area (Å²) in [6, 6.07) is 0.